The Morgan fingerprint density at radius 1 is 1.45 bits per heavy atom. The molecule has 0 bridgehead atoms. The van der Waals surface area contributed by atoms with Gasteiger partial charge in [0, 0.05) is 13.0 Å². The molecule has 3 nitrogen and oxygen atoms in total. The number of aliphatic hydroxyl groups is 1. The highest BCUT2D eigenvalue weighted by Crippen LogP contribution is 2.13. The van der Waals surface area contributed by atoms with Crippen molar-refractivity contribution in [1.29, 1.82) is 0 Å². The largest absolute Gasteiger partial charge is 0.390 e. The average Bonchev–Trinajstić information content (AvgIpc) is 1.88. The molecule has 0 saturated carbocycles. The van der Waals surface area contributed by atoms with E-state index >= 15 is 0 Å². The molecule has 0 aromatic carbocycles. The second-order valence-corrected chi connectivity index (χ2v) is 3.17. The fourth-order valence-electron chi connectivity index (χ4n) is 1.17. The van der Waals surface area contributed by atoms with Crippen molar-refractivity contribution >= 4 is 0 Å². The fourth-order valence-corrected chi connectivity index (χ4v) is 1.17. The van der Waals surface area contributed by atoms with Gasteiger partial charge in [-0.3, -0.25) is 0 Å². The summed E-state index contributed by atoms with van der Waals surface area (Å²) in [6, 6.07) is 0. The Morgan fingerprint density at radius 2 is 2.00 bits per heavy atom. The van der Waals surface area contributed by atoms with Crippen molar-refractivity contribution in [3.05, 3.63) is 0 Å². The normalized spacial score (nSPS) is 16.9. The lowest BCUT2D eigenvalue weighted by molar-refractivity contribution is 0.0135. The van der Waals surface area contributed by atoms with Gasteiger partial charge in [-0.15, -0.1) is 0 Å². The van der Waals surface area contributed by atoms with Gasteiger partial charge in [-0.2, -0.15) is 0 Å². The monoisotopic (exact) mass is 161 g/mol. The average molecular weight is 161 g/mol. The summed E-state index contributed by atoms with van der Waals surface area (Å²) in [4.78, 5) is 0. The summed E-state index contributed by atoms with van der Waals surface area (Å²) >= 11 is 0. The number of hydrogen-bond acceptors (Lipinski definition) is 3. The van der Waals surface area contributed by atoms with E-state index < -0.39 is 6.10 Å². The number of nitrogens with two attached hydrogens (primary N) is 1. The molecule has 0 amide bonds. The quantitative estimate of drug-likeness (QED) is 0.606. The molecule has 11 heavy (non-hydrogen) atoms. The molecule has 3 N–H and O–H groups in total. The van der Waals surface area contributed by atoms with E-state index in [0.717, 1.165) is 0 Å². The molecule has 0 saturated heterocycles. The molecule has 0 aliphatic carbocycles. The summed E-state index contributed by atoms with van der Waals surface area (Å²) < 4.78 is 4.83. The van der Waals surface area contributed by atoms with Gasteiger partial charge >= 0.3 is 0 Å². The summed E-state index contributed by atoms with van der Waals surface area (Å²) in [5.74, 6) is 0.556. The highest BCUT2D eigenvalue weighted by atomic mass is 16.5. The molecule has 3 heteroatoms. The Labute approximate surface area is 68.5 Å². The Bertz CT molecular complexity index is 96.1. The van der Waals surface area contributed by atoms with Gasteiger partial charge in [0.25, 0.3) is 0 Å². The second-order valence-electron chi connectivity index (χ2n) is 3.17. The first kappa shape index (κ1) is 10.9. The Balaban J connectivity index is 3.81. The van der Waals surface area contributed by atoms with Crippen LogP contribution in [0.4, 0.5) is 0 Å². The molecule has 0 aromatic heterocycles. The lowest BCUT2D eigenvalue weighted by Crippen LogP contribution is -2.34. The van der Waals surface area contributed by atoms with E-state index in [1.807, 2.05) is 0 Å². The summed E-state index contributed by atoms with van der Waals surface area (Å²) in [5, 5.41) is 9.47. The number of methoxy groups -OCH3 is 1. The molecular formula is C8H19NO2. The lowest BCUT2D eigenvalue weighted by Gasteiger charge is -2.23. The minimum atomic E-state index is -0.426. The van der Waals surface area contributed by atoms with E-state index in [1.54, 1.807) is 7.11 Å². The molecule has 0 aliphatic heterocycles. The van der Waals surface area contributed by atoms with Crippen molar-refractivity contribution in [3.8, 4) is 0 Å². The predicted octanol–water partition coefficient (Wildman–Crippen LogP) is 0.225. The van der Waals surface area contributed by atoms with Gasteiger partial charge in [-0.05, 0) is 12.5 Å². The van der Waals surface area contributed by atoms with Gasteiger partial charge in [-0.25, -0.2) is 0 Å². The first-order valence-corrected chi connectivity index (χ1v) is 4.00. The topological polar surface area (TPSA) is 55.5 Å². The van der Waals surface area contributed by atoms with E-state index in [9.17, 15) is 5.11 Å². The Morgan fingerprint density at radius 3 is 2.27 bits per heavy atom. The van der Waals surface area contributed by atoms with Crippen LogP contribution < -0.4 is 5.73 Å². The van der Waals surface area contributed by atoms with Crippen molar-refractivity contribution in [2.45, 2.75) is 20.0 Å². The SMILES string of the molecule is COCC(O)C(CN)C(C)C. The zero-order valence-corrected chi connectivity index (χ0v) is 7.58. The summed E-state index contributed by atoms with van der Waals surface area (Å²) in [6.07, 6.45) is -0.426. The third-order valence-corrected chi connectivity index (χ3v) is 1.96. The maximum atomic E-state index is 9.47. The van der Waals surface area contributed by atoms with Crippen molar-refractivity contribution in [3.63, 3.8) is 0 Å². The van der Waals surface area contributed by atoms with Crippen molar-refractivity contribution in [1.82, 2.24) is 0 Å². The van der Waals surface area contributed by atoms with Crippen LogP contribution in [0, 0.1) is 11.8 Å². The maximum absolute atomic E-state index is 9.47. The molecule has 2 atom stereocenters. The second kappa shape index (κ2) is 5.52. The van der Waals surface area contributed by atoms with E-state index in [0.29, 0.717) is 19.1 Å². The number of aliphatic hydroxyl groups excluding tert-OH is 1. The van der Waals surface area contributed by atoms with Crippen LogP contribution >= 0.6 is 0 Å². The van der Waals surface area contributed by atoms with Crippen molar-refractivity contribution in [2.24, 2.45) is 17.6 Å². The highest BCUT2D eigenvalue weighted by Gasteiger charge is 2.20. The zero-order valence-electron chi connectivity index (χ0n) is 7.58. The van der Waals surface area contributed by atoms with E-state index in [2.05, 4.69) is 13.8 Å². The van der Waals surface area contributed by atoms with E-state index in [4.69, 9.17) is 10.5 Å². The van der Waals surface area contributed by atoms with Crippen LogP contribution in [0.5, 0.6) is 0 Å². The van der Waals surface area contributed by atoms with Gasteiger partial charge in [0.1, 0.15) is 0 Å². The lowest BCUT2D eigenvalue weighted by atomic mass is 9.91. The summed E-state index contributed by atoms with van der Waals surface area (Å²) in [7, 11) is 1.58. The minimum Gasteiger partial charge on any atom is -0.390 e. The number of ether oxygens (including phenoxy) is 1. The van der Waals surface area contributed by atoms with E-state index in [1.165, 1.54) is 0 Å². The van der Waals surface area contributed by atoms with Crippen LogP contribution in [0.2, 0.25) is 0 Å². The number of rotatable bonds is 5. The van der Waals surface area contributed by atoms with Crippen LogP contribution in [0.1, 0.15) is 13.8 Å². The third-order valence-electron chi connectivity index (χ3n) is 1.96. The standard InChI is InChI=1S/C8H19NO2/c1-6(2)7(4-9)8(10)5-11-3/h6-8,10H,4-5,9H2,1-3H3. The van der Waals surface area contributed by atoms with E-state index in [-0.39, 0.29) is 5.92 Å². The zero-order chi connectivity index (χ0) is 8.85. The summed E-state index contributed by atoms with van der Waals surface area (Å²) in [6.45, 7) is 5.00. The first-order chi connectivity index (χ1) is 5.13. The molecule has 0 radical (unpaired) electrons. The Hall–Kier alpha value is -0.120. The molecule has 2 unspecified atom stereocenters. The van der Waals surface area contributed by atoms with Gasteiger partial charge < -0.3 is 15.6 Å². The predicted molar refractivity (Wildman–Crippen MR) is 45.3 cm³/mol. The molecule has 0 rings (SSSR count). The van der Waals surface area contributed by atoms with Crippen LogP contribution in [0.3, 0.4) is 0 Å². The third kappa shape index (κ3) is 3.70. The minimum absolute atomic E-state index is 0.148. The molecule has 0 spiro atoms. The molecule has 0 aliphatic rings. The first-order valence-electron chi connectivity index (χ1n) is 4.00. The molecule has 0 aromatic rings. The van der Waals surface area contributed by atoms with Gasteiger partial charge in [0.05, 0.1) is 12.7 Å². The molecule has 0 heterocycles. The van der Waals surface area contributed by atoms with Crippen LogP contribution in [0.15, 0.2) is 0 Å². The molecule has 0 fully saturated rings. The van der Waals surface area contributed by atoms with Gasteiger partial charge in [0.2, 0.25) is 0 Å². The summed E-state index contributed by atoms with van der Waals surface area (Å²) in [5.41, 5.74) is 5.49. The van der Waals surface area contributed by atoms with Gasteiger partial charge in [-0.1, -0.05) is 13.8 Å². The van der Waals surface area contributed by atoms with Crippen LogP contribution in [-0.2, 0) is 4.74 Å². The maximum Gasteiger partial charge on any atom is 0.0816 e. The number of hydrogen-bond donors (Lipinski definition) is 2. The highest BCUT2D eigenvalue weighted by molar-refractivity contribution is 4.71. The molecule has 68 valence electrons. The molecular weight excluding hydrogens is 142 g/mol. The fraction of sp³-hybridized carbons (Fsp3) is 1.00. The smallest absolute Gasteiger partial charge is 0.0816 e. The van der Waals surface area contributed by atoms with Crippen molar-refractivity contribution in [2.75, 3.05) is 20.3 Å². The van der Waals surface area contributed by atoms with Gasteiger partial charge in [0.15, 0.2) is 0 Å². The van der Waals surface area contributed by atoms with Crippen molar-refractivity contribution < 1.29 is 9.84 Å². The Kier molecular flexibility index (Phi) is 5.46. The van der Waals surface area contributed by atoms with Crippen LogP contribution in [-0.4, -0.2) is 31.5 Å². The van der Waals surface area contributed by atoms with Crippen LogP contribution in [0.25, 0.3) is 0 Å².